The summed E-state index contributed by atoms with van der Waals surface area (Å²) in [6.45, 7) is -0.418. The predicted molar refractivity (Wildman–Crippen MR) is 182 cm³/mol. The molecule has 4 rings (SSSR count). The molecule has 16 heteroatoms. The molecular weight excluding hydrogens is 665 g/mol. The lowest BCUT2D eigenvalue weighted by molar-refractivity contribution is -0.0930. The molecule has 0 fully saturated rings. The van der Waals surface area contributed by atoms with Crippen molar-refractivity contribution in [1.29, 1.82) is 0 Å². The molecule has 48 heavy (non-hydrogen) atoms. The first kappa shape index (κ1) is 36.2. The number of likely N-dealkylation sites (N-methyl/N-ethyl adjacent to an activating group) is 2. The Morgan fingerprint density at radius 3 is 1.42 bits per heavy atom. The number of para-hydroxylation sites is 2. The van der Waals surface area contributed by atoms with Crippen LogP contribution < -0.4 is 28.7 Å². The number of benzene rings is 2. The van der Waals surface area contributed by atoms with Crippen molar-refractivity contribution in [2.24, 2.45) is 0 Å². The van der Waals surface area contributed by atoms with E-state index in [0.29, 0.717) is 51.2 Å². The summed E-state index contributed by atoms with van der Waals surface area (Å²) in [6.07, 6.45) is 4.57. The summed E-state index contributed by atoms with van der Waals surface area (Å²) in [5, 5.41) is 0. The molecule has 0 amide bonds. The molecule has 0 spiro atoms. The zero-order chi connectivity index (χ0) is 35.3. The summed E-state index contributed by atoms with van der Waals surface area (Å²) in [5.41, 5.74) is 3.18. The molecule has 0 bridgehead atoms. The van der Waals surface area contributed by atoms with Crippen LogP contribution in [0.2, 0.25) is 0 Å². The first-order valence-electron chi connectivity index (χ1n) is 14.3. The van der Waals surface area contributed by atoms with E-state index in [1.54, 1.807) is 60.5 Å². The van der Waals surface area contributed by atoms with Crippen molar-refractivity contribution < 1.29 is 44.1 Å². The number of aromatic nitrogens is 2. The Labute approximate surface area is 281 Å². The number of hydrogen-bond acceptors (Lipinski definition) is 14. The molecule has 0 aliphatic rings. The molecule has 0 N–H and O–H groups in total. The Hall–Kier alpha value is -4.64. The van der Waals surface area contributed by atoms with Gasteiger partial charge in [-0.25, -0.2) is 8.37 Å². The minimum Gasteiger partial charge on any atom is -0.493 e. The van der Waals surface area contributed by atoms with Crippen LogP contribution in [0.4, 0.5) is 11.4 Å². The fourth-order valence-corrected chi connectivity index (χ4v) is 6.42. The third kappa shape index (κ3) is 8.25. The standard InChI is InChI=1S/C32H38N4O10S2/c1-35(22-15-17-26(33-19-22)24-11-9-13-28(41-3)30(24)43-5)21-32(45-47(7,37)38,46-48(8,39)40)36(2)23-16-18-27(34-20-23)25-12-10-14-29(42-4)31(25)44-6/h9-20H,21H2,1-8H3. The van der Waals surface area contributed by atoms with Gasteiger partial charge in [0, 0.05) is 25.2 Å². The van der Waals surface area contributed by atoms with E-state index >= 15 is 0 Å². The van der Waals surface area contributed by atoms with E-state index < -0.39 is 32.7 Å². The lowest BCUT2D eigenvalue weighted by atomic mass is 10.1. The number of pyridine rings is 2. The highest BCUT2D eigenvalue weighted by atomic mass is 32.2. The van der Waals surface area contributed by atoms with E-state index in [-0.39, 0.29) is 5.69 Å². The minimum atomic E-state index is -4.31. The maximum Gasteiger partial charge on any atom is 0.300 e. The normalized spacial score (nSPS) is 11.9. The fourth-order valence-electron chi connectivity index (χ4n) is 5.04. The molecule has 0 radical (unpaired) electrons. The maximum atomic E-state index is 12.7. The van der Waals surface area contributed by atoms with Crippen LogP contribution in [0.3, 0.4) is 0 Å². The lowest BCUT2D eigenvalue weighted by Crippen LogP contribution is -2.59. The predicted octanol–water partition coefficient (Wildman–Crippen LogP) is 4.02. The molecule has 2 aromatic heterocycles. The van der Waals surface area contributed by atoms with E-state index in [0.717, 1.165) is 12.5 Å². The number of anilines is 2. The van der Waals surface area contributed by atoms with Gasteiger partial charge in [0.05, 0.1) is 82.7 Å². The smallest absolute Gasteiger partial charge is 0.300 e. The van der Waals surface area contributed by atoms with E-state index in [9.17, 15) is 16.8 Å². The number of methoxy groups -OCH3 is 4. The van der Waals surface area contributed by atoms with Gasteiger partial charge in [-0.2, -0.15) is 16.8 Å². The van der Waals surface area contributed by atoms with Crippen molar-refractivity contribution in [3.05, 3.63) is 73.1 Å². The zero-order valence-electron chi connectivity index (χ0n) is 27.8. The van der Waals surface area contributed by atoms with Crippen molar-refractivity contribution in [2.75, 3.05) is 71.4 Å². The molecule has 14 nitrogen and oxygen atoms in total. The quantitative estimate of drug-likeness (QED) is 0.129. The minimum absolute atomic E-state index is 0.278. The molecule has 4 aromatic rings. The second kappa shape index (κ2) is 14.6. The van der Waals surface area contributed by atoms with Gasteiger partial charge in [0.15, 0.2) is 23.0 Å². The highest BCUT2D eigenvalue weighted by Gasteiger charge is 2.46. The average Bonchev–Trinajstić information content (AvgIpc) is 3.05. The Bertz CT molecular complexity index is 1900. The van der Waals surface area contributed by atoms with Crippen LogP contribution in [0.1, 0.15) is 0 Å². The number of ether oxygens (including phenoxy) is 4. The van der Waals surface area contributed by atoms with Gasteiger partial charge in [-0.3, -0.25) is 9.97 Å². The third-order valence-corrected chi connectivity index (χ3v) is 8.32. The Morgan fingerprint density at radius 1 is 0.625 bits per heavy atom. The van der Waals surface area contributed by atoms with Crippen LogP contribution in [0.5, 0.6) is 23.0 Å². The number of nitrogens with zero attached hydrogens (tertiary/aromatic N) is 4. The Morgan fingerprint density at radius 2 is 1.06 bits per heavy atom. The molecular formula is C32H38N4O10S2. The summed E-state index contributed by atoms with van der Waals surface area (Å²) >= 11 is 0. The SMILES string of the molecule is COc1cccc(-c2ccc(N(C)CC(OS(C)(=O)=O)(OS(C)(=O)=O)N(C)c3ccc(-c4cccc(OC)c4OC)nc3)cn2)c1OC. The zero-order valence-corrected chi connectivity index (χ0v) is 29.5. The average molecular weight is 703 g/mol. The van der Waals surface area contributed by atoms with Crippen LogP contribution in [-0.4, -0.2) is 94.3 Å². The van der Waals surface area contributed by atoms with Crippen LogP contribution in [0.15, 0.2) is 73.1 Å². The van der Waals surface area contributed by atoms with Crippen molar-refractivity contribution in [3.8, 4) is 45.5 Å². The number of hydrogen-bond donors (Lipinski definition) is 0. The first-order chi connectivity index (χ1) is 22.6. The van der Waals surface area contributed by atoms with Crippen LogP contribution in [0, 0.1) is 0 Å². The van der Waals surface area contributed by atoms with E-state index in [1.807, 2.05) is 12.1 Å². The van der Waals surface area contributed by atoms with Gasteiger partial charge < -0.3 is 28.7 Å². The van der Waals surface area contributed by atoms with Crippen LogP contribution >= 0.6 is 0 Å². The molecule has 0 atom stereocenters. The summed E-state index contributed by atoms with van der Waals surface area (Å²) in [4.78, 5) is 11.9. The molecule has 0 saturated heterocycles. The molecule has 0 unspecified atom stereocenters. The molecule has 0 saturated carbocycles. The van der Waals surface area contributed by atoms with Crippen molar-refractivity contribution in [2.45, 2.75) is 5.91 Å². The molecule has 2 aromatic carbocycles. The van der Waals surface area contributed by atoms with Gasteiger partial charge >= 0.3 is 5.91 Å². The Balaban J connectivity index is 1.73. The molecule has 0 aliphatic carbocycles. The Kier molecular flexibility index (Phi) is 11.0. The second-order valence-electron chi connectivity index (χ2n) is 10.6. The maximum absolute atomic E-state index is 12.7. The van der Waals surface area contributed by atoms with E-state index in [2.05, 4.69) is 9.97 Å². The third-order valence-electron chi connectivity index (χ3n) is 7.19. The van der Waals surface area contributed by atoms with Crippen LogP contribution in [0.25, 0.3) is 22.5 Å². The monoisotopic (exact) mass is 702 g/mol. The second-order valence-corrected chi connectivity index (χ2v) is 13.7. The first-order valence-corrected chi connectivity index (χ1v) is 17.9. The van der Waals surface area contributed by atoms with Crippen LogP contribution in [-0.2, 0) is 28.6 Å². The highest BCUT2D eigenvalue weighted by Crippen LogP contribution is 2.39. The van der Waals surface area contributed by atoms with Gasteiger partial charge in [-0.05, 0) is 48.5 Å². The lowest BCUT2D eigenvalue weighted by Gasteiger charge is -2.42. The van der Waals surface area contributed by atoms with Gasteiger partial charge in [-0.15, -0.1) is 0 Å². The fraction of sp³-hybridized carbons (Fsp3) is 0.312. The summed E-state index contributed by atoms with van der Waals surface area (Å²) in [6, 6.07) is 17.5. The molecule has 2 heterocycles. The van der Waals surface area contributed by atoms with Crippen molar-refractivity contribution in [1.82, 2.24) is 9.97 Å². The highest BCUT2D eigenvalue weighted by molar-refractivity contribution is 7.86. The molecule has 0 aliphatic heterocycles. The van der Waals surface area contributed by atoms with E-state index in [1.165, 1.54) is 52.8 Å². The van der Waals surface area contributed by atoms with Crippen molar-refractivity contribution >= 4 is 31.6 Å². The van der Waals surface area contributed by atoms with Gasteiger partial charge in [0.1, 0.15) is 0 Å². The summed E-state index contributed by atoms with van der Waals surface area (Å²) in [7, 11) is 0.527. The van der Waals surface area contributed by atoms with Gasteiger partial charge in [0.25, 0.3) is 20.2 Å². The van der Waals surface area contributed by atoms with Gasteiger partial charge in [-0.1, -0.05) is 12.1 Å². The largest absolute Gasteiger partial charge is 0.493 e. The topological polar surface area (TPSA) is 156 Å². The summed E-state index contributed by atoms with van der Waals surface area (Å²) in [5.74, 6) is -0.404. The summed E-state index contributed by atoms with van der Waals surface area (Å²) < 4.78 is 83.4. The van der Waals surface area contributed by atoms with Crippen molar-refractivity contribution in [3.63, 3.8) is 0 Å². The van der Waals surface area contributed by atoms with E-state index in [4.69, 9.17) is 27.3 Å². The number of rotatable bonds is 15. The molecule has 258 valence electrons. The van der Waals surface area contributed by atoms with Gasteiger partial charge in [0.2, 0.25) is 0 Å².